The predicted molar refractivity (Wildman–Crippen MR) is 73.2 cm³/mol. The van der Waals surface area contributed by atoms with Gasteiger partial charge in [0.15, 0.2) is 11.6 Å². The molecule has 2 aromatic rings. The summed E-state index contributed by atoms with van der Waals surface area (Å²) in [4.78, 5) is 0. The van der Waals surface area contributed by atoms with Crippen LogP contribution >= 0.6 is 0 Å². The van der Waals surface area contributed by atoms with Crippen molar-refractivity contribution in [2.24, 2.45) is 5.84 Å². The zero-order valence-electron chi connectivity index (χ0n) is 10.8. The van der Waals surface area contributed by atoms with Gasteiger partial charge in [-0.1, -0.05) is 36.4 Å². The van der Waals surface area contributed by atoms with Crippen molar-refractivity contribution in [3.63, 3.8) is 0 Å². The van der Waals surface area contributed by atoms with Crippen molar-refractivity contribution in [3.05, 3.63) is 65.5 Å². The molecule has 3 nitrogen and oxygen atoms in total. The molecule has 0 bridgehead atoms. The summed E-state index contributed by atoms with van der Waals surface area (Å²) in [6, 6.07) is 14.7. The lowest BCUT2D eigenvalue weighted by Gasteiger charge is -2.17. The van der Waals surface area contributed by atoms with Crippen LogP contribution in [-0.2, 0) is 6.42 Å². The Balaban J connectivity index is 2.20. The van der Waals surface area contributed by atoms with Crippen molar-refractivity contribution >= 4 is 0 Å². The quantitative estimate of drug-likeness (QED) is 0.641. The minimum atomic E-state index is -0.381. The highest BCUT2D eigenvalue weighted by Gasteiger charge is 2.13. The molecule has 0 amide bonds. The Hall–Kier alpha value is -1.91. The van der Waals surface area contributed by atoms with Gasteiger partial charge in [-0.2, -0.15) is 0 Å². The summed E-state index contributed by atoms with van der Waals surface area (Å²) in [6.45, 7) is 0. The van der Waals surface area contributed by atoms with E-state index >= 15 is 0 Å². The largest absolute Gasteiger partial charge is 0.494 e. The van der Waals surface area contributed by atoms with Crippen molar-refractivity contribution in [2.45, 2.75) is 12.5 Å². The van der Waals surface area contributed by atoms with Crippen molar-refractivity contribution < 1.29 is 9.13 Å². The number of ether oxygens (including phenoxy) is 1. The highest BCUT2D eigenvalue weighted by Crippen LogP contribution is 2.23. The summed E-state index contributed by atoms with van der Waals surface area (Å²) in [6.07, 6.45) is 0.698. The molecule has 19 heavy (non-hydrogen) atoms. The van der Waals surface area contributed by atoms with Crippen molar-refractivity contribution in [2.75, 3.05) is 7.11 Å². The lowest BCUT2D eigenvalue weighted by Crippen LogP contribution is -2.29. The number of hydrazine groups is 1. The molecule has 0 aliphatic heterocycles. The van der Waals surface area contributed by atoms with E-state index in [1.165, 1.54) is 13.2 Å². The fourth-order valence-corrected chi connectivity index (χ4v) is 2.02. The number of nitrogens with two attached hydrogens (primary N) is 1. The molecule has 0 fully saturated rings. The highest BCUT2D eigenvalue weighted by atomic mass is 19.1. The fraction of sp³-hybridized carbons (Fsp3) is 0.200. The van der Waals surface area contributed by atoms with Crippen LogP contribution in [0.1, 0.15) is 17.2 Å². The van der Waals surface area contributed by atoms with Gasteiger partial charge in [0.25, 0.3) is 0 Å². The van der Waals surface area contributed by atoms with Gasteiger partial charge in [0.05, 0.1) is 13.2 Å². The topological polar surface area (TPSA) is 47.3 Å². The molecule has 1 atom stereocenters. The number of benzene rings is 2. The number of hydrogen-bond acceptors (Lipinski definition) is 3. The normalized spacial score (nSPS) is 12.2. The van der Waals surface area contributed by atoms with Crippen LogP contribution in [0.25, 0.3) is 0 Å². The van der Waals surface area contributed by atoms with E-state index in [1.54, 1.807) is 6.07 Å². The Labute approximate surface area is 112 Å². The fourth-order valence-electron chi connectivity index (χ4n) is 2.02. The van der Waals surface area contributed by atoms with E-state index in [2.05, 4.69) is 5.43 Å². The van der Waals surface area contributed by atoms with E-state index in [1.807, 2.05) is 36.4 Å². The van der Waals surface area contributed by atoms with Gasteiger partial charge in [-0.3, -0.25) is 11.3 Å². The molecule has 0 aliphatic rings. The monoisotopic (exact) mass is 260 g/mol. The molecule has 0 saturated heterocycles. The maximum Gasteiger partial charge on any atom is 0.165 e. The van der Waals surface area contributed by atoms with Crippen LogP contribution in [0.3, 0.4) is 0 Å². The van der Waals surface area contributed by atoms with Crippen LogP contribution in [0, 0.1) is 5.82 Å². The van der Waals surface area contributed by atoms with E-state index in [0.29, 0.717) is 6.42 Å². The first-order valence-corrected chi connectivity index (χ1v) is 6.08. The molecule has 0 spiro atoms. The molecule has 0 aromatic heterocycles. The molecule has 0 aliphatic carbocycles. The third-order valence-corrected chi connectivity index (χ3v) is 3.06. The first kappa shape index (κ1) is 13.5. The first-order valence-electron chi connectivity index (χ1n) is 6.08. The number of halogens is 1. The standard InChI is InChI=1S/C15H17FN2O/c1-19-15-8-7-12(10-13(15)16)14(18-17)9-11-5-3-2-4-6-11/h2-8,10,14,18H,9,17H2,1H3. The third kappa shape index (κ3) is 3.30. The van der Waals surface area contributed by atoms with E-state index in [4.69, 9.17) is 10.6 Å². The van der Waals surface area contributed by atoms with E-state index in [9.17, 15) is 4.39 Å². The summed E-state index contributed by atoms with van der Waals surface area (Å²) in [7, 11) is 1.45. The molecular weight excluding hydrogens is 243 g/mol. The summed E-state index contributed by atoms with van der Waals surface area (Å²) < 4.78 is 18.6. The molecule has 3 N–H and O–H groups in total. The summed E-state index contributed by atoms with van der Waals surface area (Å²) in [5.74, 6) is 5.42. The van der Waals surface area contributed by atoms with E-state index in [0.717, 1.165) is 11.1 Å². The smallest absolute Gasteiger partial charge is 0.165 e. The van der Waals surface area contributed by atoms with Gasteiger partial charge in [0.1, 0.15) is 0 Å². The SMILES string of the molecule is COc1ccc(C(Cc2ccccc2)NN)cc1F. The number of nitrogens with one attached hydrogen (secondary N) is 1. The first-order chi connectivity index (χ1) is 9.24. The zero-order chi connectivity index (χ0) is 13.7. The van der Waals surface area contributed by atoms with Crippen LogP contribution in [0.2, 0.25) is 0 Å². The van der Waals surface area contributed by atoms with Crippen LogP contribution in [0.4, 0.5) is 4.39 Å². The minimum Gasteiger partial charge on any atom is -0.494 e. The van der Waals surface area contributed by atoms with Crippen molar-refractivity contribution in [1.29, 1.82) is 0 Å². The van der Waals surface area contributed by atoms with Gasteiger partial charge in [-0.25, -0.2) is 4.39 Å². The highest BCUT2D eigenvalue weighted by molar-refractivity contribution is 5.32. The Kier molecular flexibility index (Phi) is 4.49. The Morgan fingerprint density at radius 3 is 2.53 bits per heavy atom. The minimum absolute atomic E-state index is 0.136. The molecule has 0 radical (unpaired) electrons. The van der Waals surface area contributed by atoms with E-state index in [-0.39, 0.29) is 17.6 Å². The molecule has 100 valence electrons. The third-order valence-electron chi connectivity index (χ3n) is 3.06. The second-order valence-corrected chi connectivity index (χ2v) is 4.30. The number of rotatable bonds is 5. The predicted octanol–water partition coefficient (Wildman–Crippen LogP) is 2.58. The van der Waals surface area contributed by atoms with Gasteiger partial charge < -0.3 is 4.74 Å². The van der Waals surface area contributed by atoms with Crippen LogP contribution in [0.5, 0.6) is 5.75 Å². The molecule has 2 aromatic carbocycles. The second-order valence-electron chi connectivity index (χ2n) is 4.30. The van der Waals surface area contributed by atoms with Gasteiger partial charge in [-0.05, 0) is 29.7 Å². The lowest BCUT2D eigenvalue weighted by atomic mass is 9.99. The molecule has 1 unspecified atom stereocenters. The van der Waals surface area contributed by atoms with Crippen LogP contribution < -0.4 is 16.0 Å². The molecule has 2 rings (SSSR count). The summed E-state index contributed by atoms with van der Waals surface area (Å²) in [5.41, 5.74) is 4.66. The number of hydrogen-bond donors (Lipinski definition) is 2. The van der Waals surface area contributed by atoms with E-state index < -0.39 is 0 Å². The van der Waals surface area contributed by atoms with Gasteiger partial charge in [0, 0.05) is 0 Å². The second kappa shape index (κ2) is 6.31. The van der Waals surface area contributed by atoms with Gasteiger partial charge >= 0.3 is 0 Å². The summed E-state index contributed by atoms with van der Waals surface area (Å²) in [5, 5.41) is 0. The Morgan fingerprint density at radius 2 is 1.95 bits per heavy atom. The molecule has 4 heteroatoms. The lowest BCUT2D eigenvalue weighted by molar-refractivity contribution is 0.385. The zero-order valence-corrected chi connectivity index (χ0v) is 10.8. The average Bonchev–Trinajstić information content (AvgIpc) is 2.46. The molecular formula is C15H17FN2O. The average molecular weight is 260 g/mol. The maximum absolute atomic E-state index is 13.7. The van der Waals surface area contributed by atoms with Crippen molar-refractivity contribution in [1.82, 2.24) is 5.43 Å². The molecule has 0 saturated carbocycles. The van der Waals surface area contributed by atoms with Crippen LogP contribution in [0.15, 0.2) is 48.5 Å². The molecule has 0 heterocycles. The van der Waals surface area contributed by atoms with Gasteiger partial charge in [-0.15, -0.1) is 0 Å². The Morgan fingerprint density at radius 1 is 1.21 bits per heavy atom. The van der Waals surface area contributed by atoms with Crippen LogP contribution in [-0.4, -0.2) is 7.11 Å². The maximum atomic E-state index is 13.7. The van der Waals surface area contributed by atoms with Gasteiger partial charge in [0.2, 0.25) is 0 Å². The Bertz CT molecular complexity index is 531. The number of methoxy groups -OCH3 is 1. The van der Waals surface area contributed by atoms with Crippen molar-refractivity contribution in [3.8, 4) is 5.75 Å². The summed E-state index contributed by atoms with van der Waals surface area (Å²) >= 11 is 0.